The molecule has 4 heteroatoms. The van der Waals surface area contributed by atoms with Gasteiger partial charge in [-0.15, -0.1) is 0 Å². The van der Waals surface area contributed by atoms with Crippen molar-refractivity contribution in [2.24, 2.45) is 0 Å². The van der Waals surface area contributed by atoms with Gasteiger partial charge in [0.15, 0.2) is 0 Å². The summed E-state index contributed by atoms with van der Waals surface area (Å²) in [5.74, 6) is 0.927. The first kappa shape index (κ1) is 19.2. The Hall–Kier alpha value is -4.10. The third-order valence-electron chi connectivity index (χ3n) is 4.92. The van der Waals surface area contributed by atoms with Crippen molar-refractivity contribution in [2.75, 3.05) is 12.3 Å². The number of benzene rings is 3. The van der Waals surface area contributed by atoms with Gasteiger partial charge in [-0.25, -0.2) is 4.98 Å². The number of hydrogen-bond donors (Lipinski definition) is 1. The normalized spacial score (nSPS) is 10.4. The van der Waals surface area contributed by atoms with Gasteiger partial charge in [-0.1, -0.05) is 72.8 Å². The Bertz CT molecular complexity index is 1210. The number of anilines is 1. The molecule has 4 nitrogen and oxygen atoms in total. The van der Waals surface area contributed by atoms with Gasteiger partial charge in [0, 0.05) is 16.7 Å². The van der Waals surface area contributed by atoms with E-state index < -0.39 is 0 Å². The molecule has 1 aromatic heterocycles. The smallest absolute Gasteiger partial charge is 0.142 e. The molecule has 4 aromatic rings. The molecule has 0 spiro atoms. The summed E-state index contributed by atoms with van der Waals surface area (Å²) in [4.78, 5) is 4.49. The fourth-order valence-electron chi connectivity index (χ4n) is 3.48. The van der Waals surface area contributed by atoms with Crippen LogP contribution in [-0.2, 0) is 0 Å². The van der Waals surface area contributed by atoms with Crippen LogP contribution < -0.4 is 10.5 Å². The third kappa shape index (κ3) is 3.74. The van der Waals surface area contributed by atoms with Gasteiger partial charge in [0.05, 0.1) is 12.3 Å². The molecule has 0 fully saturated rings. The van der Waals surface area contributed by atoms with Gasteiger partial charge in [-0.05, 0) is 30.2 Å². The topological polar surface area (TPSA) is 71.9 Å². The molecule has 0 aliphatic heterocycles. The Morgan fingerprint density at radius 3 is 2.17 bits per heavy atom. The second-order valence-electron chi connectivity index (χ2n) is 6.80. The van der Waals surface area contributed by atoms with E-state index in [1.807, 2.05) is 67.6 Å². The number of pyridine rings is 1. The van der Waals surface area contributed by atoms with Crippen molar-refractivity contribution in [3.8, 4) is 45.3 Å². The highest BCUT2D eigenvalue weighted by atomic mass is 16.5. The first-order chi connectivity index (χ1) is 14.7. The van der Waals surface area contributed by atoms with E-state index in [2.05, 4.69) is 35.3 Å². The van der Waals surface area contributed by atoms with Crippen molar-refractivity contribution < 1.29 is 4.74 Å². The van der Waals surface area contributed by atoms with E-state index in [9.17, 15) is 5.26 Å². The summed E-state index contributed by atoms with van der Waals surface area (Å²) < 4.78 is 5.77. The van der Waals surface area contributed by atoms with Crippen LogP contribution in [0.2, 0.25) is 0 Å². The van der Waals surface area contributed by atoms with E-state index in [0.29, 0.717) is 23.6 Å². The Labute approximate surface area is 176 Å². The van der Waals surface area contributed by atoms with E-state index in [-0.39, 0.29) is 5.82 Å². The highest BCUT2D eigenvalue weighted by Gasteiger charge is 2.16. The molecule has 0 atom stereocenters. The zero-order chi connectivity index (χ0) is 20.9. The monoisotopic (exact) mass is 391 g/mol. The third-order valence-corrected chi connectivity index (χ3v) is 4.92. The predicted octanol–water partition coefficient (Wildman–Crippen LogP) is 5.94. The number of ether oxygens (including phenoxy) is 1. The molecule has 3 aromatic carbocycles. The quantitative estimate of drug-likeness (QED) is 0.457. The van der Waals surface area contributed by atoms with Crippen LogP contribution in [0, 0.1) is 11.3 Å². The molecule has 146 valence electrons. The first-order valence-electron chi connectivity index (χ1n) is 9.80. The van der Waals surface area contributed by atoms with Gasteiger partial charge in [-0.3, -0.25) is 0 Å². The summed E-state index contributed by atoms with van der Waals surface area (Å²) >= 11 is 0. The Balaban J connectivity index is 1.81. The SMILES string of the molecule is CCOc1ccccc1-c1cc(-c2ccc(-c3ccccc3)cc2)nc(N)c1C#N. The van der Waals surface area contributed by atoms with Gasteiger partial charge in [0.1, 0.15) is 23.2 Å². The lowest BCUT2D eigenvalue weighted by Crippen LogP contribution is -2.01. The molecule has 0 amide bonds. The average Bonchev–Trinajstić information content (AvgIpc) is 2.80. The van der Waals surface area contributed by atoms with Crippen LogP contribution in [0.5, 0.6) is 5.75 Å². The molecular formula is C26H21N3O. The summed E-state index contributed by atoms with van der Waals surface area (Å²) in [5, 5.41) is 9.69. The van der Waals surface area contributed by atoms with Gasteiger partial charge in [0.2, 0.25) is 0 Å². The Kier molecular flexibility index (Phi) is 5.45. The van der Waals surface area contributed by atoms with E-state index in [1.165, 1.54) is 0 Å². The van der Waals surface area contributed by atoms with E-state index in [4.69, 9.17) is 10.5 Å². The number of para-hydroxylation sites is 1. The van der Waals surface area contributed by atoms with Crippen molar-refractivity contribution in [3.63, 3.8) is 0 Å². The van der Waals surface area contributed by atoms with Crippen molar-refractivity contribution in [1.82, 2.24) is 4.98 Å². The number of rotatable bonds is 5. The predicted molar refractivity (Wildman–Crippen MR) is 121 cm³/mol. The summed E-state index contributed by atoms with van der Waals surface area (Å²) in [6, 6.07) is 30.1. The maximum atomic E-state index is 9.69. The highest BCUT2D eigenvalue weighted by molar-refractivity contribution is 5.83. The fourth-order valence-corrected chi connectivity index (χ4v) is 3.48. The molecule has 0 bridgehead atoms. The lowest BCUT2D eigenvalue weighted by molar-refractivity contribution is 0.341. The molecule has 30 heavy (non-hydrogen) atoms. The van der Waals surface area contributed by atoms with Crippen LogP contribution >= 0.6 is 0 Å². The van der Waals surface area contributed by atoms with Crippen LogP contribution in [0.4, 0.5) is 5.82 Å². The van der Waals surface area contributed by atoms with E-state index >= 15 is 0 Å². The zero-order valence-electron chi connectivity index (χ0n) is 16.7. The number of aromatic nitrogens is 1. The second-order valence-corrected chi connectivity index (χ2v) is 6.80. The maximum absolute atomic E-state index is 9.69. The first-order valence-corrected chi connectivity index (χ1v) is 9.80. The average molecular weight is 391 g/mol. The summed E-state index contributed by atoms with van der Waals surface area (Å²) in [6.07, 6.45) is 0. The van der Waals surface area contributed by atoms with Gasteiger partial charge in [0.25, 0.3) is 0 Å². The van der Waals surface area contributed by atoms with Crippen molar-refractivity contribution in [1.29, 1.82) is 5.26 Å². The number of nitrogens with two attached hydrogens (primary N) is 1. The lowest BCUT2D eigenvalue weighted by Gasteiger charge is -2.14. The molecule has 0 saturated carbocycles. The molecule has 0 aliphatic rings. The summed E-state index contributed by atoms with van der Waals surface area (Å²) in [5.41, 5.74) is 12.0. The van der Waals surface area contributed by atoms with Crippen molar-refractivity contribution in [3.05, 3.63) is 90.5 Å². The number of hydrogen-bond acceptors (Lipinski definition) is 4. The van der Waals surface area contributed by atoms with Gasteiger partial charge in [-0.2, -0.15) is 5.26 Å². The molecule has 1 heterocycles. The Morgan fingerprint density at radius 2 is 1.47 bits per heavy atom. The molecule has 2 N–H and O–H groups in total. The number of nitrogen functional groups attached to an aromatic ring is 1. The van der Waals surface area contributed by atoms with E-state index in [0.717, 1.165) is 27.8 Å². The minimum Gasteiger partial charge on any atom is -0.493 e. The molecule has 0 radical (unpaired) electrons. The number of nitrogens with zero attached hydrogens (tertiary/aromatic N) is 2. The molecule has 4 rings (SSSR count). The maximum Gasteiger partial charge on any atom is 0.142 e. The van der Waals surface area contributed by atoms with Gasteiger partial charge < -0.3 is 10.5 Å². The summed E-state index contributed by atoms with van der Waals surface area (Å²) in [6.45, 7) is 2.47. The molecule has 0 saturated heterocycles. The van der Waals surface area contributed by atoms with Crippen molar-refractivity contribution in [2.45, 2.75) is 6.92 Å². The summed E-state index contributed by atoms with van der Waals surface area (Å²) in [7, 11) is 0. The van der Waals surface area contributed by atoms with Crippen LogP contribution in [-0.4, -0.2) is 11.6 Å². The van der Waals surface area contributed by atoms with Crippen LogP contribution in [0.15, 0.2) is 84.9 Å². The van der Waals surface area contributed by atoms with Crippen LogP contribution in [0.1, 0.15) is 12.5 Å². The standard InChI is InChI=1S/C26H21N3O/c1-2-30-25-11-7-6-10-21(25)22-16-24(29-26(28)23(22)17-27)20-14-12-19(13-15-20)18-8-4-3-5-9-18/h3-16H,2H2,1H3,(H2,28,29). The fraction of sp³-hybridized carbons (Fsp3) is 0.0769. The zero-order valence-corrected chi connectivity index (χ0v) is 16.7. The van der Waals surface area contributed by atoms with Gasteiger partial charge >= 0.3 is 0 Å². The molecular weight excluding hydrogens is 370 g/mol. The largest absolute Gasteiger partial charge is 0.493 e. The minimum absolute atomic E-state index is 0.212. The minimum atomic E-state index is 0.212. The van der Waals surface area contributed by atoms with Crippen LogP contribution in [0.25, 0.3) is 33.5 Å². The van der Waals surface area contributed by atoms with Crippen LogP contribution in [0.3, 0.4) is 0 Å². The second kappa shape index (κ2) is 8.50. The lowest BCUT2D eigenvalue weighted by atomic mass is 9.97. The number of nitriles is 1. The molecule has 0 aliphatic carbocycles. The molecule has 0 unspecified atom stereocenters. The Morgan fingerprint density at radius 1 is 0.833 bits per heavy atom. The highest BCUT2D eigenvalue weighted by Crippen LogP contribution is 2.36. The van der Waals surface area contributed by atoms with E-state index in [1.54, 1.807) is 0 Å². The van der Waals surface area contributed by atoms with Crippen molar-refractivity contribution >= 4 is 5.82 Å².